The molecule has 0 atom stereocenters. The SMILES string of the molecule is CC(C)(C)n1c(CO)nnc1-c1cccc(Cl)c1Cl. The molecule has 0 amide bonds. The molecular weight excluding hydrogens is 285 g/mol. The van der Waals surface area contributed by atoms with Crippen LogP contribution in [0.2, 0.25) is 10.0 Å². The average Bonchev–Trinajstić information content (AvgIpc) is 2.76. The summed E-state index contributed by atoms with van der Waals surface area (Å²) in [7, 11) is 0. The van der Waals surface area contributed by atoms with E-state index in [9.17, 15) is 5.11 Å². The molecule has 0 unspecified atom stereocenters. The molecule has 0 fully saturated rings. The van der Waals surface area contributed by atoms with Crippen molar-refractivity contribution in [3.05, 3.63) is 34.1 Å². The molecule has 0 aliphatic carbocycles. The van der Waals surface area contributed by atoms with Gasteiger partial charge < -0.3 is 9.67 Å². The third-order valence-corrected chi connectivity index (χ3v) is 3.55. The van der Waals surface area contributed by atoms with Gasteiger partial charge in [-0.2, -0.15) is 0 Å². The standard InChI is InChI=1S/C13H15Cl2N3O/c1-13(2,3)18-10(7-19)16-17-12(18)8-5-4-6-9(14)11(8)15/h4-6,19H,7H2,1-3H3. The highest BCUT2D eigenvalue weighted by molar-refractivity contribution is 6.43. The Hall–Kier alpha value is -1.10. The largest absolute Gasteiger partial charge is 0.388 e. The van der Waals surface area contributed by atoms with Gasteiger partial charge in [-0.25, -0.2) is 0 Å². The van der Waals surface area contributed by atoms with E-state index in [0.717, 1.165) is 0 Å². The van der Waals surface area contributed by atoms with Crippen LogP contribution in [-0.4, -0.2) is 19.9 Å². The Morgan fingerprint density at radius 2 is 1.89 bits per heavy atom. The topological polar surface area (TPSA) is 50.9 Å². The van der Waals surface area contributed by atoms with Gasteiger partial charge in [-0.05, 0) is 32.9 Å². The number of aliphatic hydroxyl groups excluding tert-OH is 1. The Bertz CT molecular complexity index is 602. The van der Waals surface area contributed by atoms with Crippen molar-refractivity contribution < 1.29 is 5.11 Å². The zero-order valence-corrected chi connectivity index (χ0v) is 12.5. The first-order valence-electron chi connectivity index (χ1n) is 5.86. The average molecular weight is 300 g/mol. The van der Waals surface area contributed by atoms with E-state index in [-0.39, 0.29) is 12.1 Å². The molecule has 102 valence electrons. The lowest BCUT2D eigenvalue weighted by Gasteiger charge is -2.24. The molecule has 0 aliphatic rings. The zero-order valence-electron chi connectivity index (χ0n) is 11.0. The highest BCUT2D eigenvalue weighted by atomic mass is 35.5. The Morgan fingerprint density at radius 1 is 1.21 bits per heavy atom. The summed E-state index contributed by atoms with van der Waals surface area (Å²) in [6.45, 7) is 5.86. The minimum atomic E-state index is -0.275. The van der Waals surface area contributed by atoms with Crippen molar-refractivity contribution in [3.8, 4) is 11.4 Å². The lowest BCUT2D eigenvalue weighted by atomic mass is 10.1. The van der Waals surface area contributed by atoms with E-state index in [4.69, 9.17) is 23.2 Å². The summed E-state index contributed by atoms with van der Waals surface area (Å²) in [5.74, 6) is 1.10. The van der Waals surface area contributed by atoms with Gasteiger partial charge in [-0.15, -0.1) is 10.2 Å². The second kappa shape index (κ2) is 5.12. The number of rotatable bonds is 2. The fourth-order valence-corrected chi connectivity index (χ4v) is 2.36. The molecular formula is C13H15Cl2N3O. The van der Waals surface area contributed by atoms with Gasteiger partial charge in [0.2, 0.25) is 0 Å². The van der Waals surface area contributed by atoms with Crippen LogP contribution in [0, 0.1) is 0 Å². The minimum absolute atomic E-state index is 0.178. The molecule has 0 bridgehead atoms. The molecule has 0 saturated heterocycles. The molecule has 0 radical (unpaired) electrons. The van der Waals surface area contributed by atoms with Crippen LogP contribution in [0.5, 0.6) is 0 Å². The number of aromatic nitrogens is 3. The lowest BCUT2D eigenvalue weighted by Crippen LogP contribution is -2.25. The van der Waals surface area contributed by atoms with Crippen LogP contribution < -0.4 is 0 Å². The van der Waals surface area contributed by atoms with Crippen LogP contribution in [0.3, 0.4) is 0 Å². The van der Waals surface area contributed by atoms with E-state index in [1.54, 1.807) is 6.07 Å². The third kappa shape index (κ3) is 2.61. The summed E-state index contributed by atoms with van der Waals surface area (Å²) in [5.41, 5.74) is 0.430. The number of aliphatic hydroxyl groups is 1. The van der Waals surface area contributed by atoms with Crippen LogP contribution in [0.4, 0.5) is 0 Å². The molecule has 1 N–H and O–H groups in total. The number of benzene rings is 1. The summed E-state index contributed by atoms with van der Waals surface area (Å²) in [6, 6.07) is 5.36. The van der Waals surface area contributed by atoms with Crippen molar-refractivity contribution in [3.63, 3.8) is 0 Å². The summed E-state index contributed by atoms with van der Waals surface area (Å²) in [5, 5.41) is 18.4. The first-order valence-corrected chi connectivity index (χ1v) is 6.62. The molecule has 6 heteroatoms. The maximum absolute atomic E-state index is 9.38. The van der Waals surface area contributed by atoms with E-state index < -0.39 is 0 Å². The molecule has 19 heavy (non-hydrogen) atoms. The summed E-state index contributed by atoms with van der Waals surface area (Å²) >= 11 is 12.3. The third-order valence-electron chi connectivity index (χ3n) is 2.73. The normalized spacial score (nSPS) is 11.9. The van der Waals surface area contributed by atoms with Gasteiger partial charge in [0.25, 0.3) is 0 Å². The molecule has 4 nitrogen and oxygen atoms in total. The zero-order chi connectivity index (χ0) is 14.2. The molecule has 2 aromatic rings. The smallest absolute Gasteiger partial charge is 0.166 e. The molecule has 0 saturated carbocycles. The molecule has 1 aromatic heterocycles. The van der Waals surface area contributed by atoms with E-state index >= 15 is 0 Å². The highest BCUT2D eigenvalue weighted by Crippen LogP contribution is 2.34. The van der Waals surface area contributed by atoms with E-state index in [0.29, 0.717) is 27.3 Å². The summed E-state index contributed by atoms with van der Waals surface area (Å²) < 4.78 is 1.87. The second-order valence-corrected chi connectivity index (χ2v) is 5.99. The van der Waals surface area contributed by atoms with E-state index in [1.807, 2.05) is 37.5 Å². The molecule has 1 aromatic carbocycles. The maximum Gasteiger partial charge on any atom is 0.166 e. The number of hydrogen-bond donors (Lipinski definition) is 1. The van der Waals surface area contributed by atoms with Crippen molar-refractivity contribution in [1.82, 2.24) is 14.8 Å². The number of nitrogens with zero attached hydrogens (tertiary/aromatic N) is 3. The first-order chi connectivity index (χ1) is 8.86. The van der Waals surface area contributed by atoms with Gasteiger partial charge in [-0.1, -0.05) is 29.3 Å². The highest BCUT2D eigenvalue weighted by Gasteiger charge is 2.24. The second-order valence-electron chi connectivity index (χ2n) is 5.21. The van der Waals surface area contributed by atoms with Gasteiger partial charge in [0.15, 0.2) is 11.6 Å². The maximum atomic E-state index is 9.38. The van der Waals surface area contributed by atoms with Crippen molar-refractivity contribution in [1.29, 1.82) is 0 Å². The Labute approximate surface area is 122 Å². The molecule has 0 spiro atoms. The van der Waals surface area contributed by atoms with Crippen LogP contribution in [-0.2, 0) is 12.1 Å². The van der Waals surface area contributed by atoms with Crippen molar-refractivity contribution in [2.24, 2.45) is 0 Å². The van der Waals surface area contributed by atoms with Crippen LogP contribution >= 0.6 is 23.2 Å². The first kappa shape index (κ1) is 14.3. The summed E-state index contributed by atoms with van der Waals surface area (Å²) in [4.78, 5) is 0. The van der Waals surface area contributed by atoms with Gasteiger partial charge in [0.05, 0.1) is 10.0 Å². The van der Waals surface area contributed by atoms with Crippen molar-refractivity contribution in [2.45, 2.75) is 32.9 Å². The predicted molar refractivity (Wildman–Crippen MR) is 76.4 cm³/mol. The van der Waals surface area contributed by atoms with Crippen molar-refractivity contribution in [2.75, 3.05) is 0 Å². The van der Waals surface area contributed by atoms with E-state index in [1.165, 1.54) is 0 Å². The molecule has 0 aliphatic heterocycles. The molecule has 2 rings (SSSR count). The number of halogens is 2. The van der Waals surface area contributed by atoms with Crippen LogP contribution in [0.25, 0.3) is 11.4 Å². The lowest BCUT2D eigenvalue weighted by molar-refractivity contribution is 0.250. The molecule has 1 heterocycles. The summed E-state index contributed by atoms with van der Waals surface area (Å²) in [6.07, 6.45) is 0. The van der Waals surface area contributed by atoms with E-state index in [2.05, 4.69) is 10.2 Å². The van der Waals surface area contributed by atoms with Crippen LogP contribution in [0.15, 0.2) is 18.2 Å². The monoisotopic (exact) mass is 299 g/mol. The minimum Gasteiger partial charge on any atom is -0.388 e. The van der Waals surface area contributed by atoms with Crippen molar-refractivity contribution >= 4 is 23.2 Å². The van der Waals surface area contributed by atoms with Gasteiger partial charge in [-0.3, -0.25) is 0 Å². The predicted octanol–water partition coefficient (Wildman–Crippen LogP) is 3.50. The Kier molecular flexibility index (Phi) is 3.85. The van der Waals surface area contributed by atoms with Crippen LogP contribution in [0.1, 0.15) is 26.6 Å². The Morgan fingerprint density at radius 3 is 2.47 bits per heavy atom. The quantitative estimate of drug-likeness (QED) is 0.923. The van der Waals surface area contributed by atoms with Gasteiger partial charge in [0, 0.05) is 11.1 Å². The number of hydrogen-bond acceptors (Lipinski definition) is 3. The Balaban J connectivity index is 2.70. The fourth-order valence-electron chi connectivity index (χ4n) is 1.97. The van der Waals surface area contributed by atoms with Gasteiger partial charge >= 0.3 is 0 Å². The van der Waals surface area contributed by atoms with Gasteiger partial charge in [0.1, 0.15) is 6.61 Å². The fraction of sp³-hybridized carbons (Fsp3) is 0.385.